The lowest BCUT2D eigenvalue weighted by Crippen LogP contribution is -2.46. The van der Waals surface area contributed by atoms with E-state index in [1.807, 2.05) is 13.8 Å². The van der Waals surface area contributed by atoms with Crippen LogP contribution in [0.1, 0.15) is 20.3 Å². The van der Waals surface area contributed by atoms with E-state index in [9.17, 15) is 18.0 Å². The first-order valence-electron chi connectivity index (χ1n) is 6.41. The number of esters is 1. The summed E-state index contributed by atoms with van der Waals surface area (Å²) in [7, 11) is 1.29. The summed E-state index contributed by atoms with van der Waals surface area (Å²) in [5, 5.41) is 0. The molecule has 5 nitrogen and oxygen atoms in total. The Morgan fingerprint density at radius 1 is 1.38 bits per heavy atom. The smallest absolute Gasteiger partial charge is 0.451 e. The molecule has 1 aliphatic heterocycles. The fraction of sp³-hybridized carbons (Fsp3) is 0.615. The highest BCUT2D eigenvalue weighted by atomic mass is 19.4. The second-order valence-corrected chi connectivity index (χ2v) is 4.06. The molecule has 0 amide bonds. The zero-order valence-electron chi connectivity index (χ0n) is 12.4. The molecule has 120 valence electrons. The number of amidine groups is 1. The van der Waals surface area contributed by atoms with E-state index in [1.165, 1.54) is 12.0 Å². The van der Waals surface area contributed by atoms with E-state index in [2.05, 4.69) is 28.0 Å². The molecule has 0 bridgehead atoms. The summed E-state index contributed by atoms with van der Waals surface area (Å²) in [6.45, 7) is 11.1. The molecule has 0 aromatic heterocycles. The largest absolute Gasteiger partial charge is 0.469 e. The molecule has 1 fully saturated rings. The molecular weight excluding hydrogens is 287 g/mol. The van der Waals surface area contributed by atoms with Crippen molar-refractivity contribution in [1.82, 2.24) is 4.90 Å². The van der Waals surface area contributed by atoms with Gasteiger partial charge in [-0.2, -0.15) is 13.2 Å². The number of carbonyl (C=O) groups is 1. The fourth-order valence-corrected chi connectivity index (χ4v) is 1.61. The van der Waals surface area contributed by atoms with Crippen molar-refractivity contribution in [2.45, 2.75) is 26.4 Å². The molecule has 0 aromatic carbocycles. The van der Waals surface area contributed by atoms with Crippen LogP contribution in [0.5, 0.6) is 0 Å². The average Bonchev–Trinajstić information content (AvgIpc) is 2.39. The molecule has 8 heteroatoms. The summed E-state index contributed by atoms with van der Waals surface area (Å²) in [6.07, 6.45) is -4.42. The highest BCUT2D eigenvalue weighted by Crippen LogP contribution is 2.26. The van der Waals surface area contributed by atoms with E-state index < -0.39 is 12.0 Å². The van der Waals surface area contributed by atoms with E-state index in [4.69, 9.17) is 0 Å². The van der Waals surface area contributed by atoms with Crippen molar-refractivity contribution in [3.63, 3.8) is 0 Å². The SMILES string of the molecule is C=N/C(=N\C(=C)N1CC(CC(=O)OC)C1)C(F)(F)F.CC. The summed E-state index contributed by atoms with van der Waals surface area (Å²) in [4.78, 5) is 18.7. The van der Waals surface area contributed by atoms with Crippen LogP contribution in [-0.2, 0) is 9.53 Å². The number of alkyl halides is 3. The van der Waals surface area contributed by atoms with Gasteiger partial charge in [-0.1, -0.05) is 20.4 Å². The molecule has 0 radical (unpaired) electrons. The van der Waals surface area contributed by atoms with E-state index in [-0.39, 0.29) is 24.1 Å². The summed E-state index contributed by atoms with van der Waals surface area (Å²) >= 11 is 0. The Hall–Kier alpha value is -1.86. The van der Waals surface area contributed by atoms with E-state index in [0.717, 1.165) is 0 Å². The van der Waals surface area contributed by atoms with Crippen LogP contribution in [0.2, 0.25) is 0 Å². The maximum Gasteiger partial charge on any atom is 0.451 e. The number of halogens is 3. The molecule has 21 heavy (non-hydrogen) atoms. The van der Waals surface area contributed by atoms with Gasteiger partial charge in [0.2, 0.25) is 5.84 Å². The monoisotopic (exact) mass is 307 g/mol. The Labute approximate surface area is 122 Å². The van der Waals surface area contributed by atoms with E-state index in [0.29, 0.717) is 13.1 Å². The number of methoxy groups -OCH3 is 1. The van der Waals surface area contributed by atoms with Gasteiger partial charge < -0.3 is 9.64 Å². The quantitative estimate of drug-likeness (QED) is 0.456. The summed E-state index contributed by atoms with van der Waals surface area (Å²) < 4.78 is 41.6. The first-order chi connectivity index (χ1) is 9.77. The Bertz CT molecular complexity index is 413. The predicted molar refractivity (Wildman–Crippen MR) is 75.2 cm³/mol. The van der Waals surface area contributed by atoms with Gasteiger partial charge in [0.15, 0.2) is 0 Å². The van der Waals surface area contributed by atoms with Gasteiger partial charge in [-0.3, -0.25) is 4.79 Å². The van der Waals surface area contributed by atoms with Gasteiger partial charge >= 0.3 is 12.1 Å². The lowest BCUT2D eigenvalue weighted by Gasteiger charge is -2.40. The van der Waals surface area contributed by atoms with Gasteiger partial charge in [0, 0.05) is 19.0 Å². The molecule has 0 unspecified atom stereocenters. The first kappa shape index (κ1) is 19.1. The Morgan fingerprint density at radius 2 is 1.90 bits per heavy atom. The summed E-state index contributed by atoms with van der Waals surface area (Å²) in [5.74, 6) is -1.66. The Kier molecular flexibility index (Phi) is 7.69. The lowest BCUT2D eigenvalue weighted by atomic mass is 9.97. The molecule has 0 aromatic rings. The number of hydrogen-bond acceptors (Lipinski definition) is 4. The average molecular weight is 307 g/mol. The molecule has 0 N–H and O–H groups in total. The van der Waals surface area contributed by atoms with Crippen LogP contribution < -0.4 is 0 Å². The number of likely N-dealkylation sites (tertiary alicyclic amines) is 1. The van der Waals surface area contributed by atoms with Crippen molar-refractivity contribution in [1.29, 1.82) is 0 Å². The number of rotatable bonds is 4. The van der Waals surface area contributed by atoms with Crippen LogP contribution in [-0.4, -0.2) is 49.8 Å². The van der Waals surface area contributed by atoms with Crippen molar-refractivity contribution in [3.8, 4) is 0 Å². The third kappa shape index (κ3) is 5.97. The second-order valence-electron chi connectivity index (χ2n) is 4.06. The van der Waals surface area contributed by atoms with Crippen molar-refractivity contribution in [2.24, 2.45) is 15.9 Å². The fourth-order valence-electron chi connectivity index (χ4n) is 1.61. The molecule has 0 atom stereocenters. The number of ether oxygens (including phenoxy) is 1. The maximum absolute atomic E-state index is 12.4. The molecule has 1 saturated heterocycles. The molecule has 0 spiro atoms. The summed E-state index contributed by atoms with van der Waals surface area (Å²) in [6, 6.07) is 0. The van der Waals surface area contributed by atoms with Crippen molar-refractivity contribution >= 4 is 18.5 Å². The number of nitrogens with zero attached hydrogens (tertiary/aromatic N) is 3. The zero-order chi connectivity index (χ0) is 16.6. The normalized spacial score (nSPS) is 15.5. The predicted octanol–water partition coefficient (Wildman–Crippen LogP) is 2.64. The molecule has 0 aliphatic carbocycles. The third-order valence-corrected chi connectivity index (χ3v) is 2.64. The van der Waals surface area contributed by atoms with Crippen LogP contribution in [0.15, 0.2) is 22.4 Å². The zero-order valence-corrected chi connectivity index (χ0v) is 12.4. The maximum atomic E-state index is 12.4. The van der Waals surface area contributed by atoms with Crippen LogP contribution >= 0.6 is 0 Å². The van der Waals surface area contributed by atoms with Gasteiger partial charge in [0.05, 0.1) is 13.5 Å². The second kappa shape index (κ2) is 8.43. The number of hydrogen-bond donors (Lipinski definition) is 0. The standard InChI is InChI=1S/C11H14F3N3O2.C2H6/c1-7(16-10(15-2)11(12,13)14)17-5-8(6-17)4-9(18)19-3;1-2/h8H,1-2,4-6H2,3H3;1-2H3/b16-10-;. The van der Waals surface area contributed by atoms with Gasteiger partial charge in [0.1, 0.15) is 5.82 Å². The lowest BCUT2D eigenvalue weighted by molar-refractivity contribution is -0.142. The Morgan fingerprint density at radius 3 is 2.29 bits per heavy atom. The van der Waals surface area contributed by atoms with Crippen LogP contribution in [0.25, 0.3) is 0 Å². The minimum absolute atomic E-state index is 0.0409. The highest BCUT2D eigenvalue weighted by Gasteiger charge is 2.37. The van der Waals surface area contributed by atoms with Crippen molar-refractivity contribution in [3.05, 3.63) is 12.4 Å². The highest BCUT2D eigenvalue weighted by molar-refractivity contribution is 5.91. The van der Waals surface area contributed by atoms with Crippen LogP contribution in [0.4, 0.5) is 13.2 Å². The summed E-state index contributed by atoms with van der Waals surface area (Å²) in [5.41, 5.74) is 0. The number of aliphatic imine (C=N–C) groups is 2. The first-order valence-corrected chi connectivity index (χ1v) is 6.41. The molecule has 1 heterocycles. The van der Waals surface area contributed by atoms with Crippen LogP contribution in [0, 0.1) is 5.92 Å². The van der Waals surface area contributed by atoms with Gasteiger partial charge in [-0.05, 0) is 6.72 Å². The van der Waals surface area contributed by atoms with E-state index in [1.54, 1.807) is 0 Å². The van der Waals surface area contributed by atoms with Crippen molar-refractivity contribution < 1.29 is 22.7 Å². The van der Waals surface area contributed by atoms with Crippen molar-refractivity contribution in [2.75, 3.05) is 20.2 Å². The minimum atomic E-state index is -4.65. The molecular formula is C13H20F3N3O2. The van der Waals surface area contributed by atoms with Gasteiger partial charge in [0.25, 0.3) is 0 Å². The molecule has 1 rings (SSSR count). The Balaban J connectivity index is 0.00000191. The van der Waals surface area contributed by atoms with Gasteiger partial charge in [-0.25, -0.2) is 9.98 Å². The number of carbonyl (C=O) groups excluding carboxylic acids is 1. The van der Waals surface area contributed by atoms with Crippen LogP contribution in [0.3, 0.4) is 0 Å². The topological polar surface area (TPSA) is 54.3 Å². The van der Waals surface area contributed by atoms with Gasteiger partial charge in [-0.15, -0.1) is 0 Å². The minimum Gasteiger partial charge on any atom is -0.469 e. The third-order valence-electron chi connectivity index (χ3n) is 2.64. The molecule has 1 aliphatic rings. The molecule has 0 saturated carbocycles. The van der Waals surface area contributed by atoms with E-state index >= 15 is 0 Å².